The molecule has 112 valence electrons. The van der Waals surface area contributed by atoms with Crippen LogP contribution in [0.2, 0.25) is 0 Å². The SMILES string of the molecule is CN1CCN(C2=Cc3[nH]cc(C(=O)O)c(=O)c3CC2)CC1. The first-order valence-electron chi connectivity index (χ1n) is 7.18. The predicted molar refractivity (Wildman–Crippen MR) is 79.4 cm³/mol. The first kappa shape index (κ1) is 13.9. The van der Waals surface area contributed by atoms with Gasteiger partial charge >= 0.3 is 5.97 Å². The Bertz CT molecular complexity index is 655. The van der Waals surface area contributed by atoms with Gasteiger partial charge in [0.25, 0.3) is 0 Å². The maximum Gasteiger partial charge on any atom is 0.341 e. The zero-order valence-electron chi connectivity index (χ0n) is 12.1. The predicted octanol–water partition coefficient (Wildman–Crippen LogP) is 0.608. The number of carbonyl (C=O) groups is 1. The number of carboxylic acids is 1. The number of likely N-dealkylation sites (N-methyl/N-ethyl adjacent to an activating group) is 1. The molecular weight excluding hydrogens is 270 g/mol. The summed E-state index contributed by atoms with van der Waals surface area (Å²) in [5.41, 5.74) is 2.04. The van der Waals surface area contributed by atoms with Gasteiger partial charge in [-0.1, -0.05) is 0 Å². The standard InChI is InChI=1S/C15H19N3O3/c1-17-4-6-18(7-5-17)10-2-3-11-13(8-10)16-9-12(14(11)19)15(20)21/h8-9H,2-7H2,1H3,(H,16,19)(H,20,21). The number of carboxylic acid groups (broad SMARTS) is 1. The maximum atomic E-state index is 12.1. The van der Waals surface area contributed by atoms with Gasteiger partial charge in [-0.3, -0.25) is 4.79 Å². The van der Waals surface area contributed by atoms with Crippen LogP contribution in [0.1, 0.15) is 28.0 Å². The van der Waals surface area contributed by atoms with Crippen LogP contribution >= 0.6 is 0 Å². The third kappa shape index (κ3) is 2.58. The van der Waals surface area contributed by atoms with Crippen molar-refractivity contribution in [1.29, 1.82) is 0 Å². The van der Waals surface area contributed by atoms with E-state index >= 15 is 0 Å². The third-order valence-corrected chi connectivity index (χ3v) is 4.30. The minimum absolute atomic E-state index is 0.176. The Labute approximate surface area is 122 Å². The Kier molecular flexibility index (Phi) is 3.55. The van der Waals surface area contributed by atoms with Crippen LogP contribution in [0.5, 0.6) is 0 Å². The number of nitrogens with one attached hydrogen (secondary N) is 1. The summed E-state index contributed by atoms with van der Waals surface area (Å²) in [6.07, 6.45) is 4.69. The van der Waals surface area contributed by atoms with Crippen molar-refractivity contribution in [2.45, 2.75) is 12.8 Å². The van der Waals surface area contributed by atoms with Crippen molar-refractivity contribution in [1.82, 2.24) is 14.8 Å². The average molecular weight is 289 g/mol. The van der Waals surface area contributed by atoms with Crippen molar-refractivity contribution < 1.29 is 9.90 Å². The van der Waals surface area contributed by atoms with Gasteiger partial charge in [0, 0.05) is 49.3 Å². The summed E-state index contributed by atoms with van der Waals surface area (Å²) >= 11 is 0. The van der Waals surface area contributed by atoms with Crippen LogP contribution in [0.4, 0.5) is 0 Å². The molecule has 0 atom stereocenters. The second kappa shape index (κ2) is 5.37. The fourth-order valence-electron chi connectivity index (χ4n) is 2.96. The molecule has 1 aliphatic heterocycles. The van der Waals surface area contributed by atoms with Crippen molar-refractivity contribution in [2.24, 2.45) is 0 Å². The smallest absolute Gasteiger partial charge is 0.341 e. The molecule has 2 aliphatic rings. The zero-order valence-corrected chi connectivity index (χ0v) is 12.1. The lowest BCUT2D eigenvalue weighted by Gasteiger charge is -2.36. The van der Waals surface area contributed by atoms with Gasteiger partial charge in [-0.15, -0.1) is 0 Å². The molecule has 3 rings (SSSR count). The number of hydrogen-bond acceptors (Lipinski definition) is 4. The van der Waals surface area contributed by atoms with Crippen LogP contribution in [0.25, 0.3) is 6.08 Å². The lowest BCUT2D eigenvalue weighted by atomic mass is 9.96. The first-order valence-corrected chi connectivity index (χ1v) is 7.18. The second-order valence-electron chi connectivity index (χ2n) is 5.65. The van der Waals surface area contributed by atoms with Gasteiger partial charge in [0.05, 0.1) is 0 Å². The summed E-state index contributed by atoms with van der Waals surface area (Å²) < 4.78 is 0. The molecule has 0 spiro atoms. The summed E-state index contributed by atoms with van der Waals surface area (Å²) in [5, 5.41) is 9.00. The van der Waals surface area contributed by atoms with E-state index in [-0.39, 0.29) is 11.0 Å². The number of aromatic amines is 1. The maximum absolute atomic E-state index is 12.1. The first-order chi connectivity index (χ1) is 10.1. The molecule has 1 aromatic rings. The summed E-state index contributed by atoms with van der Waals surface area (Å²) in [6.45, 7) is 4.07. The molecule has 1 fully saturated rings. The number of hydrogen-bond donors (Lipinski definition) is 2. The molecule has 21 heavy (non-hydrogen) atoms. The summed E-state index contributed by atoms with van der Waals surface area (Å²) in [4.78, 5) is 30.7. The number of aromatic carboxylic acids is 1. The fourth-order valence-corrected chi connectivity index (χ4v) is 2.96. The van der Waals surface area contributed by atoms with E-state index in [0.717, 1.165) is 38.3 Å². The second-order valence-corrected chi connectivity index (χ2v) is 5.65. The molecular formula is C15H19N3O3. The number of allylic oxidation sites excluding steroid dienone is 1. The largest absolute Gasteiger partial charge is 0.477 e. The Morgan fingerprint density at radius 3 is 2.62 bits per heavy atom. The van der Waals surface area contributed by atoms with E-state index in [4.69, 9.17) is 5.11 Å². The Hall–Kier alpha value is -2.08. The Morgan fingerprint density at radius 2 is 1.95 bits per heavy atom. The van der Waals surface area contributed by atoms with E-state index in [9.17, 15) is 9.59 Å². The number of fused-ring (bicyclic) bond motifs is 1. The highest BCUT2D eigenvalue weighted by atomic mass is 16.4. The Balaban J connectivity index is 1.90. The van der Waals surface area contributed by atoms with Crippen molar-refractivity contribution >= 4 is 12.0 Å². The average Bonchev–Trinajstić information content (AvgIpc) is 2.47. The number of aromatic nitrogens is 1. The van der Waals surface area contributed by atoms with E-state index in [2.05, 4.69) is 21.8 Å². The fraction of sp³-hybridized carbons (Fsp3) is 0.467. The topological polar surface area (TPSA) is 76.6 Å². The quantitative estimate of drug-likeness (QED) is 0.834. The van der Waals surface area contributed by atoms with Gasteiger partial charge in [0.15, 0.2) is 5.43 Å². The van der Waals surface area contributed by atoms with E-state index in [1.165, 1.54) is 11.9 Å². The van der Waals surface area contributed by atoms with Gasteiger partial charge in [-0.05, 0) is 26.0 Å². The molecule has 2 N–H and O–H groups in total. The molecule has 0 aromatic carbocycles. The number of nitrogens with zero attached hydrogens (tertiary/aromatic N) is 2. The molecule has 0 radical (unpaired) electrons. The molecule has 1 aromatic heterocycles. The highest BCUT2D eigenvalue weighted by molar-refractivity contribution is 5.87. The van der Waals surface area contributed by atoms with Gasteiger partial charge in [-0.25, -0.2) is 4.79 Å². The van der Waals surface area contributed by atoms with Crippen LogP contribution in [0.15, 0.2) is 16.7 Å². The van der Waals surface area contributed by atoms with E-state index in [0.29, 0.717) is 12.0 Å². The highest BCUT2D eigenvalue weighted by Crippen LogP contribution is 2.24. The minimum atomic E-state index is -1.17. The van der Waals surface area contributed by atoms with Crippen LogP contribution < -0.4 is 5.43 Å². The molecule has 0 saturated carbocycles. The number of piperazine rings is 1. The van der Waals surface area contributed by atoms with Gasteiger partial charge in [0.1, 0.15) is 5.56 Å². The molecule has 6 heteroatoms. The van der Waals surface area contributed by atoms with Crippen molar-refractivity contribution in [3.05, 3.63) is 38.9 Å². The number of H-pyrrole nitrogens is 1. The number of rotatable bonds is 2. The molecule has 6 nitrogen and oxygen atoms in total. The van der Waals surface area contributed by atoms with E-state index < -0.39 is 5.97 Å². The minimum Gasteiger partial charge on any atom is -0.477 e. The molecule has 0 bridgehead atoms. The molecule has 2 heterocycles. The summed E-state index contributed by atoms with van der Waals surface area (Å²) in [5.74, 6) is -1.17. The van der Waals surface area contributed by atoms with E-state index in [1.54, 1.807) is 0 Å². The number of pyridine rings is 1. The van der Waals surface area contributed by atoms with Crippen LogP contribution in [0.3, 0.4) is 0 Å². The monoisotopic (exact) mass is 289 g/mol. The molecule has 0 unspecified atom stereocenters. The zero-order chi connectivity index (χ0) is 15.0. The molecule has 1 saturated heterocycles. The highest BCUT2D eigenvalue weighted by Gasteiger charge is 2.22. The van der Waals surface area contributed by atoms with Gasteiger partial charge in [0.2, 0.25) is 0 Å². The summed E-state index contributed by atoms with van der Waals surface area (Å²) in [6, 6.07) is 0. The van der Waals surface area contributed by atoms with Crippen molar-refractivity contribution in [3.8, 4) is 0 Å². The summed E-state index contributed by atoms with van der Waals surface area (Å²) in [7, 11) is 2.12. The molecule has 1 aliphatic carbocycles. The lowest BCUT2D eigenvalue weighted by molar-refractivity contribution is 0.0695. The Morgan fingerprint density at radius 1 is 1.24 bits per heavy atom. The third-order valence-electron chi connectivity index (χ3n) is 4.30. The van der Waals surface area contributed by atoms with Crippen molar-refractivity contribution in [3.63, 3.8) is 0 Å². The normalized spacial score (nSPS) is 19.1. The van der Waals surface area contributed by atoms with Crippen molar-refractivity contribution in [2.75, 3.05) is 33.2 Å². The molecule has 0 amide bonds. The van der Waals surface area contributed by atoms with Crippen LogP contribution in [-0.4, -0.2) is 59.1 Å². The van der Waals surface area contributed by atoms with Gasteiger partial charge in [-0.2, -0.15) is 0 Å². The van der Waals surface area contributed by atoms with Crippen LogP contribution in [-0.2, 0) is 6.42 Å². The lowest BCUT2D eigenvalue weighted by Crippen LogP contribution is -2.44. The van der Waals surface area contributed by atoms with Crippen LogP contribution in [0, 0.1) is 0 Å². The van der Waals surface area contributed by atoms with Gasteiger partial charge < -0.3 is 19.9 Å². The van der Waals surface area contributed by atoms with E-state index in [1.807, 2.05) is 6.08 Å².